The van der Waals surface area contributed by atoms with Crippen LogP contribution in [0.15, 0.2) is 260 Å². The van der Waals surface area contributed by atoms with E-state index in [1.807, 2.05) is 138 Å². The lowest BCUT2D eigenvalue weighted by Crippen LogP contribution is -2.28. The summed E-state index contributed by atoms with van der Waals surface area (Å²) < 4.78 is 71.1. The highest BCUT2D eigenvalue weighted by Crippen LogP contribution is 2.59. The number of rotatable bonds is 8. The maximum atomic E-state index is 10.3. The summed E-state index contributed by atoms with van der Waals surface area (Å²) in [6, 6.07) is 69.3. The van der Waals surface area contributed by atoms with E-state index in [0.29, 0.717) is 22.5 Å². The summed E-state index contributed by atoms with van der Waals surface area (Å²) in [7, 11) is 0. The summed E-state index contributed by atoms with van der Waals surface area (Å²) in [5.74, 6) is 0. The zero-order valence-corrected chi connectivity index (χ0v) is 36.5. The molecule has 0 atom stereocenters. The van der Waals surface area contributed by atoms with Gasteiger partial charge in [-0.1, -0.05) is 200 Å². The van der Waals surface area contributed by atoms with Gasteiger partial charge >= 0.3 is 0 Å². The van der Waals surface area contributed by atoms with Gasteiger partial charge in [0, 0.05) is 21.8 Å². The van der Waals surface area contributed by atoms with E-state index in [2.05, 4.69) is 84.9 Å². The van der Waals surface area contributed by atoms with E-state index in [1.54, 1.807) is 11.3 Å². The zero-order chi connectivity index (χ0) is 49.8. The first-order valence-corrected chi connectivity index (χ1v) is 23.1. The molecule has 1 heterocycles. The molecule has 0 radical (unpaired) electrons. The molecular formula is C64H43NS. The zero-order valence-electron chi connectivity index (χ0n) is 42.6. The standard InChI is InChI=1S/C64H43NS/c1-5-17-47(18-6-1)63(48-19-7-2-8-20-48)58-27-15-13-25-54(58)56-36-31-45(42-60(56)63)44-29-32-51(33-30-44)65(52-35-38-62-46(41-52)39-40-66-62)53-34-37-57-55-26-14-16-28-59(55)64(61(57)43-53,49-21-9-3-10-22-49)50-23-11-4-12-24-50/h1-43H/i29D,30D,31D,32D,33D,36D,42D. The normalized spacial score (nSPS) is 15.2. The van der Waals surface area contributed by atoms with Gasteiger partial charge in [0.15, 0.2) is 0 Å². The van der Waals surface area contributed by atoms with E-state index >= 15 is 0 Å². The van der Waals surface area contributed by atoms with Gasteiger partial charge in [0.1, 0.15) is 0 Å². The van der Waals surface area contributed by atoms with Crippen molar-refractivity contribution in [3.05, 3.63) is 305 Å². The Morgan fingerprint density at radius 2 is 0.818 bits per heavy atom. The molecule has 0 N–H and O–H groups in total. The molecule has 0 fully saturated rings. The van der Waals surface area contributed by atoms with Crippen LogP contribution in [-0.2, 0) is 10.8 Å². The molecule has 2 aliphatic carbocycles. The van der Waals surface area contributed by atoms with Gasteiger partial charge in [-0.3, -0.25) is 0 Å². The van der Waals surface area contributed by atoms with Crippen LogP contribution in [0.3, 0.4) is 0 Å². The fraction of sp³-hybridized carbons (Fsp3) is 0.0312. The third-order valence-electron chi connectivity index (χ3n) is 13.7. The second-order valence-corrected chi connectivity index (χ2v) is 17.9. The average molecular weight is 865 g/mol. The van der Waals surface area contributed by atoms with Crippen molar-refractivity contribution >= 4 is 38.5 Å². The molecule has 1 nitrogen and oxygen atoms in total. The minimum Gasteiger partial charge on any atom is -0.310 e. The number of fused-ring (bicyclic) bond motifs is 7. The quantitative estimate of drug-likeness (QED) is 0.147. The number of hydrogen-bond acceptors (Lipinski definition) is 2. The third-order valence-corrected chi connectivity index (χ3v) is 14.6. The molecule has 310 valence electrons. The van der Waals surface area contributed by atoms with Gasteiger partial charge in [-0.25, -0.2) is 0 Å². The van der Waals surface area contributed by atoms with Crippen LogP contribution in [0.2, 0.25) is 0 Å². The van der Waals surface area contributed by atoms with Gasteiger partial charge in [-0.15, -0.1) is 11.3 Å². The van der Waals surface area contributed by atoms with E-state index < -0.39 is 22.9 Å². The molecule has 0 bridgehead atoms. The molecule has 2 aliphatic rings. The molecular weight excluding hydrogens is 815 g/mol. The fourth-order valence-corrected chi connectivity index (χ4v) is 11.7. The average Bonchev–Trinajstić information content (AvgIpc) is 4.14. The van der Waals surface area contributed by atoms with Crippen LogP contribution in [0.25, 0.3) is 43.5 Å². The smallest absolute Gasteiger partial charge is 0.0714 e. The van der Waals surface area contributed by atoms with Crippen molar-refractivity contribution in [2.75, 3.05) is 4.90 Å². The van der Waals surface area contributed by atoms with Crippen LogP contribution in [0.1, 0.15) is 54.1 Å². The Balaban J connectivity index is 1.08. The number of nitrogens with zero attached hydrogens (tertiary/aromatic N) is 1. The van der Waals surface area contributed by atoms with Gasteiger partial charge in [-0.2, -0.15) is 0 Å². The molecule has 0 saturated carbocycles. The summed E-state index contributed by atoms with van der Waals surface area (Å²) in [4.78, 5) is 1.83. The highest BCUT2D eigenvalue weighted by Gasteiger charge is 2.47. The predicted molar refractivity (Wildman–Crippen MR) is 277 cm³/mol. The van der Waals surface area contributed by atoms with Crippen molar-refractivity contribution in [2.45, 2.75) is 10.8 Å². The maximum Gasteiger partial charge on any atom is 0.0714 e. The number of thiophene rings is 1. The molecule has 13 rings (SSSR count). The first-order valence-electron chi connectivity index (χ1n) is 25.8. The lowest BCUT2D eigenvalue weighted by Gasteiger charge is -2.35. The largest absolute Gasteiger partial charge is 0.310 e. The number of benzene rings is 10. The molecule has 11 aromatic rings. The predicted octanol–water partition coefficient (Wildman–Crippen LogP) is 16.8. The van der Waals surface area contributed by atoms with Crippen LogP contribution in [-0.4, -0.2) is 0 Å². The van der Waals surface area contributed by atoms with E-state index in [-0.39, 0.29) is 47.0 Å². The lowest BCUT2D eigenvalue weighted by atomic mass is 9.67. The molecule has 1 aromatic heterocycles. The van der Waals surface area contributed by atoms with Gasteiger partial charge < -0.3 is 4.90 Å². The lowest BCUT2D eigenvalue weighted by molar-refractivity contribution is 0.768. The van der Waals surface area contributed by atoms with E-state index in [0.717, 1.165) is 65.7 Å². The first-order chi connectivity index (χ1) is 35.7. The molecule has 0 amide bonds. The van der Waals surface area contributed by atoms with Crippen molar-refractivity contribution in [1.82, 2.24) is 0 Å². The second-order valence-electron chi connectivity index (χ2n) is 17.0. The van der Waals surface area contributed by atoms with E-state index in [4.69, 9.17) is 0 Å². The summed E-state index contributed by atoms with van der Waals surface area (Å²) in [5, 5.41) is 3.00. The highest BCUT2D eigenvalue weighted by atomic mass is 32.1. The Bertz CT molecular complexity index is 3900. The second kappa shape index (κ2) is 15.3. The molecule has 0 unspecified atom stereocenters. The van der Waals surface area contributed by atoms with Crippen molar-refractivity contribution in [3.63, 3.8) is 0 Å². The van der Waals surface area contributed by atoms with Gasteiger partial charge in [0.05, 0.1) is 20.4 Å². The van der Waals surface area contributed by atoms with Crippen molar-refractivity contribution in [2.24, 2.45) is 0 Å². The van der Waals surface area contributed by atoms with Crippen molar-refractivity contribution in [1.29, 1.82) is 0 Å². The molecule has 0 aliphatic heterocycles. The van der Waals surface area contributed by atoms with Crippen LogP contribution in [0.5, 0.6) is 0 Å². The van der Waals surface area contributed by atoms with Gasteiger partial charge in [-0.05, 0) is 143 Å². The topological polar surface area (TPSA) is 3.24 Å². The maximum absolute atomic E-state index is 10.3. The van der Waals surface area contributed by atoms with Crippen molar-refractivity contribution < 1.29 is 9.60 Å². The van der Waals surface area contributed by atoms with E-state index in [9.17, 15) is 9.60 Å². The van der Waals surface area contributed by atoms with Crippen LogP contribution in [0.4, 0.5) is 17.1 Å². The Morgan fingerprint density at radius 1 is 0.348 bits per heavy atom. The Morgan fingerprint density at radius 3 is 1.41 bits per heavy atom. The van der Waals surface area contributed by atoms with Crippen LogP contribution in [0, 0.1) is 0 Å². The van der Waals surface area contributed by atoms with Crippen molar-refractivity contribution in [3.8, 4) is 33.4 Å². The summed E-state index contributed by atoms with van der Waals surface area (Å²) in [6.07, 6.45) is 0. The summed E-state index contributed by atoms with van der Waals surface area (Å²) in [5.41, 5.74) is 9.80. The highest BCUT2D eigenvalue weighted by molar-refractivity contribution is 7.17. The minimum absolute atomic E-state index is 0.0226. The molecule has 0 saturated heterocycles. The minimum atomic E-state index is -1.11. The summed E-state index contributed by atoms with van der Waals surface area (Å²) in [6.45, 7) is 0. The SMILES string of the molecule is [2H]c1c([2H])c(N(c2ccc3c(c2)C(c2ccccc2)(c2ccccc2)c2ccccc2-3)c2ccc3sccc3c2)c([2H])c([2H])c1-c1c([2H])c([2H])c2c(c1[2H])C(c1ccccc1)(c1ccccc1)c1ccccc1-2. The number of hydrogen-bond donors (Lipinski definition) is 0. The van der Waals surface area contributed by atoms with Gasteiger partial charge in [0.25, 0.3) is 0 Å². The molecule has 0 spiro atoms. The van der Waals surface area contributed by atoms with Crippen LogP contribution < -0.4 is 4.90 Å². The Labute approximate surface area is 400 Å². The van der Waals surface area contributed by atoms with Gasteiger partial charge in [0.2, 0.25) is 0 Å². The molecule has 66 heavy (non-hydrogen) atoms. The molecule has 10 aromatic carbocycles. The molecule has 2 heteroatoms. The first kappa shape index (κ1) is 31.7. The third kappa shape index (κ3) is 5.65. The Kier molecular flexibility index (Phi) is 7.36. The number of anilines is 3. The fourth-order valence-electron chi connectivity index (χ4n) is 10.9. The summed E-state index contributed by atoms with van der Waals surface area (Å²) >= 11 is 1.62. The monoisotopic (exact) mass is 864 g/mol. The van der Waals surface area contributed by atoms with Crippen LogP contribution >= 0.6 is 11.3 Å². The van der Waals surface area contributed by atoms with E-state index in [1.165, 1.54) is 0 Å². The Hall–Kier alpha value is -8.04.